The van der Waals surface area contributed by atoms with E-state index in [0.29, 0.717) is 12.6 Å². The summed E-state index contributed by atoms with van der Waals surface area (Å²) in [5.74, 6) is 0.178. The first-order valence-corrected chi connectivity index (χ1v) is 8.39. The Kier molecular flexibility index (Phi) is 7.36. The Morgan fingerprint density at radius 3 is 2.28 bits per heavy atom. The number of aliphatic hydroxyl groups is 1. The van der Waals surface area contributed by atoms with E-state index in [4.69, 9.17) is 0 Å². The van der Waals surface area contributed by atoms with Crippen molar-refractivity contribution in [2.45, 2.75) is 38.8 Å². The van der Waals surface area contributed by atoms with Crippen LogP contribution in [0.15, 0.2) is 0 Å². The summed E-state index contributed by atoms with van der Waals surface area (Å²) >= 11 is 0. The van der Waals surface area contributed by atoms with E-state index in [-0.39, 0.29) is 17.9 Å². The van der Waals surface area contributed by atoms with Crippen molar-refractivity contribution >= 4 is 9.84 Å². The van der Waals surface area contributed by atoms with Crippen LogP contribution in [0.1, 0.15) is 27.2 Å². The molecule has 0 aliphatic rings. The van der Waals surface area contributed by atoms with Crippen LogP contribution in [-0.4, -0.2) is 68.8 Å². The Hall–Kier alpha value is -0.170. The molecule has 0 fully saturated rings. The Morgan fingerprint density at radius 2 is 1.89 bits per heavy atom. The predicted molar refractivity (Wildman–Crippen MR) is 75.6 cm³/mol. The van der Waals surface area contributed by atoms with Gasteiger partial charge in [0.25, 0.3) is 0 Å². The van der Waals surface area contributed by atoms with Crippen molar-refractivity contribution in [3.05, 3.63) is 0 Å². The zero-order valence-corrected chi connectivity index (χ0v) is 13.0. The summed E-state index contributed by atoms with van der Waals surface area (Å²) in [7, 11) is -1.00. The van der Waals surface area contributed by atoms with Crippen molar-refractivity contribution in [3.8, 4) is 0 Å². The van der Waals surface area contributed by atoms with Crippen molar-refractivity contribution in [1.82, 2.24) is 10.2 Å². The van der Waals surface area contributed by atoms with E-state index in [1.165, 1.54) is 6.26 Å². The van der Waals surface area contributed by atoms with Gasteiger partial charge in [0.15, 0.2) is 0 Å². The molecule has 5 nitrogen and oxygen atoms in total. The molecule has 18 heavy (non-hydrogen) atoms. The van der Waals surface area contributed by atoms with Crippen LogP contribution < -0.4 is 5.32 Å². The van der Waals surface area contributed by atoms with Gasteiger partial charge in [0.1, 0.15) is 9.84 Å². The second-order valence-electron chi connectivity index (χ2n) is 5.70. The fourth-order valence-corrected chi connectivity index (χ4v) is 2.41. The first kappa shape index (κ1) is 17.8. The number of hydrogen-bond acceptors (Lipinski definition) is 5. The molecular formula is C12H28N2O3S. The zero-order chi connectivity index (χ0) is 14.4. The van der Waals surface area contributed by atoms with Gasteiger partial charge < -0.3 is 15.3 Å². The standard InChI is InChI=1S/C12H28N2O3S/c1-11(2)13-12(3,10-15)6-7-14(4)8-9-18(5,16)17/h11,13,15H,6-10H2,1-5H3. The molecule has 110 valence electrons. The van der Waals surface area contributed by atoms with E-state index in [1.54, 1.807) is 0 Å². The molecule has 0 aromatic heterocycles. The number of hydrogen-bond donors (Lipinski definition) is 2. The summed E-state index contributed by atoms with van der Waals surface area (Å²) in [5.41, 5.74) is -0.312. The number of rotatable bonds is 9. The number of sulfone groups is 1. The van der Waals surface area contributed by atoms with Gasteiger partial charge in [0.2, 0.25) is 0 Å². The van der Waals surface area contributed by atoms with Crippen LogP contribution in [-0.2, 0) is 9.84 Å². The minimum absolute atomic E-state index is 0.0745. The van der Waals surface area contributed by atoms with E-state index < -0.39 is 9.84 Å². The van der Waals surface area contributed by atoms with E-state index in [2.05, 4.69) is 5.32 Å². The third-order valence-corrected chi connectivity index (χ3v) is 3.80. The van der Waals surface area contributed by atoms with Crippen LogP contribution in [0.25, 0.3) is 0 Å². The average Bonchev–Trinajstić information content (AvgIpc) is 2.21. The van der Waals surface area contributed by atoms with Gasteiger partial charge in [-0.15, -0.1) is 0 Å². The van der Waals surface area contributed by atoms with Crippen LogP contribution in [0.4, 0.5) is 0 Å². The highest BCUT2D eigenvalue weighted by Crippen LogP contribution is 2.10. The SMILES string of the molecule is CC(C)NC(C)(CO)CCN(C)CCS(C)(=O)=O. The van der Waals surface area contributed by atoms with Gasteiger partial charge in [0.05, 0.1) is 12.4 Å². The van der Waals surface area contributed by atoms with Gasteiger partial charge in [-0.2, -0.15) is 0 Å². The zero-order valence-electron chi connectivity index (χ0n) is 12.2. The molecule has 1 atom stereocenters. The van der Waals surface area contributed by atoms with E-state index >= 15 is 0 Å². The molecule has 6 heteroatoms. The normalized spacial score (nSPS) is 16.2. The highest BCUT2D eigenvalue weighted by atomic mass is 32.2. The lowest BCUT2D eigenvalue weighted by Crippen LogP contribution is -2.50. The molecule has 0 rings (SSSR count). The molecule has 0 amide bonds. The van der Waals surface area contributed by atoms with Gasteiger partial charge in [-0.3, -0.25) is 0 Å². The predicted octanol–water partition coefficient (Wildman–Crippen LogP) is 0.102. The molecule has 0 bridgehead atoms. The van der Waals surface area contributed by atoms with Crippen LogP contribution in [0.5, 0.6) is 0 Å². The molecule has 0 aromatic rings. The van der Waals surface area contributed by atoms with Crippen LogP contribution in [0, 0.1) is 0 Å². The lowest BCUT2D eigenvalue weighted by Gasteiger charge is -2.32. The maximum absolute atomic E-state index is 11.1. The monoisotopic (exact) mass is 280 g/mol. The van der Waals surface area contributed by atoms with E-state index in [9.17, 15) is 13.5 Å². The first-order chi connectivity index (χ1) is 8.08. The topological polar surface area (TPSA) is 69.6 Å². The molecule has 1 unspecified atom stereocenters. The molecule has 0 aromatic carbocycles. The molecule has 2 N–H and O–H groups in total. The average molecular weight is 280 g/mol. The number of nitrogens with one attached hydrogen (secondary N) is 1. The molecular weight excluding hydrogens is 252 g/mol. The minimum Gasteiger partial charge on any atom is -0.394 e. The van der Waals surface area contributed by atoms with Gasteiger partial charge in [-0.05, 0) is 26.9 Å². The third kappa shape index (κ3) is 8.85. The van der Waals surface area contributed by atoms with E-state index in [0.717, 1.165) is 13.0 Å². The maximum atomic E-state index is 11.1. The fraction of sp³-hybridized carbons (Fsp3) is 1.00. The smallest absolute Gasteiger partial charge is 0.148 e. The molecule has 0 aliphatic carbocycles. The summed E-state index contributed by atoms with van der Waals surface area (Å²) in [6.45, 7) is 7.43. The van der Waals surface area contributed by atoms with Crippen molar-refractivity contribution in [2.24, 2.45) is 0 Å². The summed E-state index contributed by atoms with van der Waals surface area (Å²) in [5, 5.41) is 12.8. The lowest BCUT2D eigenvalue weighted by molar-refractivity contribution is 0.144. The summed E-state index contributed by atoms with van der Waals surface area (Å²) in [4.78, 5) is 1.98. The lowest BCUT2D eigenvalue weighted by atomic mass is 9.97. The van der Waals surface area contributed by atoms with Crippen molar-refractivity contribution in [2.75, 3.05) is 38.8 Å². The van der Waals surface area contributed by atoms with Crippen LogP contribution in [0.2, 0.25) is 0 Å². The van der Waals surface area contributed by atoms with Gasteiger partial charge in [-0.25, -0.2) is 8.42 Å². The van der Waals surface area contributed by atoms with Gasteiger partial charge in [-0.1, -0.05) is 13.8 Å². The Bertz CT molecular complexity index is 330. The summed E-state index contributed by atoms with van der Waals surface area (Å²) in [6.07, 6.45) is 2.03. The minimum atomic E-state index is -2.90. The molecule has 0 radical (unpaired) electrons. The van der Waals surface area contributed by atoms with Gasteiger partial charge >= 0.3 is 0 Å². The number of aliphatic hydroxyl groups excluding tert-OH is 1. The Labute approximate surface area is 111 Å². The van der Waals surface area contributed by atoms with Gasteiger partial charge in [0, 0.05) is 24.4 Å². The quantitative estimate of drug-likeness (QED) is 0.627. The summed E-state index contributed by atoms with van der Waals surface area (Å²) < 4.78 is 22.1. The van der Waals surface area contributed by atoms with Crippen LogP contribution >= 0.6 is 0 Å². The molecule has 0 saturated heterocycles. The second-order valence-corrected chi connectivity index (χ2v) is 7.96. The van der Waals surface area contributed by atoms with Crippen molar-refractivity contribution in [3.63, 3.8) is 0 Å². The van der Waals surface area contributed by atoms with Crippen molar-refractivity contribution in [1.29, 1.82) is 0 Å². The summed E-state index contributed by atoms with van der Waals surface area (Å²) in [6, 6.07) is 0.309. The molecule has 0 spiro atoms. The molecule has 0 aliphatic heterocycles. The first-order valence-electron chi connectivity index (χ1n) is 6.33. The number of nitrogens with zero attached hydrogens (tertiary/aromatic N) is 1. The van der Waals surface area contributed by atoms with Crippen molar-refractivity contribution < 1.29 is 13.5 Å². The maximum Gasteiger partial charge on any atom is 0.148 e. The fourth-order valence-electron chi connectivity index (χ4n) is 1.76. The Balaban J connectivity index is 4.12. The highest BCUT2D eigenvalue weighted by molar-refractivity contribution is 7.90. The third-order valence-electron chi connectivity index (χ3n) is 2.88. The van der Waals surface area contributed by atoms with Crippen LogP contribution in [0.3, 0.4) is 0 Å². The second kappa shape index (κ2) is 7.43. The van der Waals surface area contributed by atoms with E-state index in [1.807, 2.05) is 32.7 Å². The highest BCUT2D eigenvalue weighted by Gasteiger charge is 2.24. The molecule has 0 saturated carbocycles. The largest absolute Gasteiger partial charge is 0.394 e. The molecule has 0 heterocycles. The Morgan fingerprint density at radius 1 is 1.33 bits per heavy atom.